The molecule has 1 heterocycles. The lowest BCUT2D eigenvalue weighted by Crippen LogP contribution is -2.12. The van der Waals surface area contributed by atoms with Gasteiger partial charge >= 0.3 is 5.69 Å². The molecule has 1 aromatic heterocycles. The molecular formula is C14H11N3O. The molecular weight excluding hydrogens is 226 g/mol. The van der Waals surface area contributed by atoms with E-state index in [0.717, 1.165) is 16.6 Å². The molecule has 4 nitrogen and oxygen atoms in total. The molecule has 0 atom stereocenters. The second-order valence-electron chi connectivity index (χ2n) is 3.91. The van der Waals surface area contributed by atoms with Crippen LogP contribution in [0.15, 0.2) is 64.5 Å². The standard InChI is InChI=1S/C14H11N3O/c18-14-16-12-8-4-5-9-13(12)17(14)15-10-11-6-2-1-3-7-11/h1-10H,(H,16,18)/b15-10+. The Labute approximate surface area is 103 Å². The molecule has 0 aliphatic heterocycles. The first-order valence-electron chi connectivity index (χ1n) is 5.64. The molecule has 0 radical (unpaired) electrons. The van der Waals surface area contributed by atoms with E-state index in [1.54, 1.807) is 6.21 Å². The highest BCUT2D eigenvalue weighted by Crippen LogP contribution is 2.08. The van der Waals surface area contributed by atoms with Gasteiger partial charge in [-0.1, -0.05) is 42.5 Å². The van der Waals surface area contributed by atoms with E-state index in [1.807, 2.05) is 54.6 Å². The molecule has 0 fully saturated rings. The lowest BCUT2D eigenvalue weighted by molar-refractivity contribution is 0.863. The van der Waals surface area contributed by atoms with Gasteiger partial charge in [0.05, 0.1) is 17.2 Å². The smallest absolute Gasteiger partial charge is 0.304 e. The fourth-order valence-corrected chi connectivity index (χ4v) is 1.82. The van der Waals surface area contributed by atoms with E-state index in [2.05, 4.69) is 10.1 Å². The maximum Gasteiger partial charge on any atom is 0.347 e. The number of nitrogens with zero attached hydrogens (tertiary/aromatic N) is 2. The Hall–Kier alpha value is -2.62. The van der Waals surface area contributed by atoms with Gasteiger partial charge in [-0.05, 0) is 17.7 Å². The van der Waals surface area contributed by atoms with Gasteiger partial charge in [-0.2, -0.15) is 9.78 Å². The quantitative estimate of drug-likeness (QED) is 0.682. The number of aromatic nitrogens is 2. The third-order valence-corrected chi connectivity index (χ3v) is 2.69. The second-order valence-corrected chi connectivity index (χ2v) is 3.91. The second kappa shape index (κ2) is 4.33. The first-order chi connectivity index (χ1) is 8.84. The SMILES string of the molecule is O=c1[nH]c2ccccc2n1/N=C/c1ccccc1. The number of benzene rings is 2. The molecule has 0 saturated heterocycles. The summed E-state index contributed by atoms with van der Waals surface area (Å²) < 4.78 is 1.36. The van der Waals surface area contributed by atoms with Crippen LogP contribution in [0.1, 0.15) is 5.56 Å². The monoisotopic (exact) mass is 237 g/mol. The summed E-state index contributed by atoms with van der Waals surface area (Å²) >= 11 is 0. The number of aromatic amines is 1. The van der Waals surface area contributed by atoms with Crippen LogP contribution >= 0.6 is 0 Å². The van der Waals surface area contributed by atoms with Gasteiger partial charge < -0.3 is 4.98 Å². The topological polar surface area (TPSA) is 50.1 Å². The lowest BCUT2D eigenvalue weighted by Gasteiger charge is -1.94. The van der Waals surface area contributed by atoms with Crippen LogP contribution in [0.2, 0.25) is 0 Å². The van der Waals surface area contributed by atoms with Crippen molar-refractivity contribution in [3.05, 3.63) is 70.6 Å². The number of hydrogen-bond acceptors (Lipinski definition) is 2. The first kappa shape index (κ1) is 10.5. The summed E-state index contributed by atoms with van der Waals surface area (Å²) in [6.07, 6.45) is 1.67. The number of H-pyrrole nitrogens is 1. The third kappa shape index (κ3) is 1.84. The van der Waals surface area contributed by atoms with Crippen LogP contribution in [0.5, 0.6) is 0 Å². The molecule has 18 heavy (non-hydrogen) atoms. The summed E-state index contributed by atoms with van der Waals surface area (Å²) in [6, 6.07) is 17.1. The summed E-state index contributed by atoms with van der Waals surface area (Å²) in [5, 5.41) is 4.21. The van der Waals surface area contributed by atoms with Crippen molar-refractivity contribution in [2.45, 2.75) is 0 Å². The van der Waals surface area contributed by atoms with Gasteiger partial charge in [0.1, 0.15) is 0 Å². The van der Waals surface area contributed by atoms with Crippen LogP contribution < -0.4 is 5.69 Å². The molecule has 4 heteroatoms. The van der Waals surface area contributed by atoms with E-state index in [-0.39, 0.29) is 5.69 Å². The molecule has 88 valence electrons. The zero-order valence-electron chi connectivity index (χ0n) is 9.58. The number of hydrogen-bond donors (Lipinski definition) is 1. The molecule has 2 aromatic carbocycles. The van der Waals surface area contributed by atoms with Gasteiger partial charge in [-0.15, -0.1) is 0 Å². The van der Waals surface area contributed by atoms with Gasteiger partial charge in [-0.25, -0.2) is 4.79 Å². The van der Waals surface area contributed by atoms with Gasteiger partial charge in [0.2, 0.25) is 0 Å². The normalized spacial score (nSPS) is 11.3. The van der Waals surface area contributed by atoms with Crippen molar-refractivity contribution in [1.82, 2.24) is 9.66 Å². The Bertz CT molecular complexity index is 753. The first-order valence-corrected chi connectivity index (χ1v) is 5.64. The summed E-state index contributed by atoms with van der Waals surface area (Å²) in [5.74, 6) is 0. The maximum absolute atomic E-state index is 11.8. The molecule has 1 N–H and O–H groups in total. The molecule has 0 bridgehead atoms. The van der Waals surface area contributed by atoms with E-state index >= 15 is 0 Å². The number of imidazole rings is 1. The Morgan fingerprint density at radius 1 is 1.00 bits per heavy atom. The van der Waals surface area contributed by atoms with Crippen molar-refractivity contribution in [3.63, 3.8) is 0 Å². The minimum atomic E-state index is -0.233. The van der Waals surface area contributed by atoms with Crippen LogP contribution in [0, 0.1) is 0 Å². The highest BCUT2D eigenvalue weighted by molar-refractivity contribution is 5.81. The average molecular weight is 237 g/mol. The summed E-state index contributed by atoms with van der Waals surface area (Å²) in [6.45, 7) is 0. The number of fused-ring (bicyclic) bond motifs is 1. The van der Waals surface area contributed by atoms with E-state index in [1.165, 1.54) is 4.68 Å². The fraction of sp³-hybridized carbons (Fsp3) is 0. The zero-order chi connectivity index (χ0) is 12.4. The predicted molar refractivity (Wildman–Crippen MR) is 72.0 cm³/mol. The molecule has 0 spiro atoms. The Kier molecular flexibility index (Phi) is 2.53. The van der Waals surface area contributed by atoms with Crippen molar-refractivity contribution >= 4 is 17.2 Å². The third-order valence-electron chi connectivity index (χ3n) is 2.69. The number of rotatable bonds is 2. The highest BCUT2D eigenvalue weighted by atomic mass is 16.2. The Morgan fingerprint density at radius 3 is 2.56 bits per heavy atom. The summed E-state index contributed by atoms with van der Waals surface area (Å²) in [5.41, 5.74) is 2.28. The average Bonchev–Trinajstić information content (AvgIpc) is 2.73. The highest BCUT2D eigenvalue weighted by Gasteiger charge is 2.03. The van der Waals surface area contributed by atoms with Crippen LogP contribution in [-0.2, 0) is 0 Å². The van der Waals surface area contributed by atoms with Crippen LogP contribution in [0.25, 0.3) is 11.0 Å². The molecule has 0 amide bonds. The molecule has 0 aliphatic carbocycles. The molecule has 0 saturated carbocycles. The minimum absolute atomic E-state index is 0.233. The molecule has 3 rings (SSSR count). The lowest BCUT2D eigenvalue weighted by atomic mass is 10.2. The van der Waals surface area contributed by atoms with Crippen molar-refractivity contribution < 1.29 is 0 Å². The summed E-state index contributed by atoms with van der Waals surface area (Å²) in [7, 11) is 0. The largest absolute Gasteiger partial charge is 0.347 e. The molecule has 0 aliphatic rings. The van der Waals surface area contributed by atoms with Gasteiger partial charge in [-0.3, -0.25) is 0 Å². The Balaban J connectivity index is 2.08. The van der Waals surface area contributed by atoms with Gasteiger partial charge in [0.15, 0.2) is 0 Å². The van der Waals surface area contributed by atoms with E-state index in [4.69, 9.17) is 0 Å². The predicted octanol–water partition coefficient (Wildman–Crippen LogP) is 2.21. The fourth-order valence-electron chi connectivity index (χ4n) is 1.82. The number of para-hydroxylation sites is 2. The van der Waals surface area contributed by atoms with Crippen molar-refractivity contribution in [3.8, 4) is 0 Å². The van der Waals surface area contributed by atoms with Gasteiger partial charge in [0, 0.05) is 0 Å². The van der Waals surface area contributed by atoms with Crippen LogP contribution in [0.3, 0.4) is 0 Å². The van der Waals surface area contributed by atoms with Crippen LogP contribution in [-0.4, -0.2) is 15.9 Å². The maximum atomic E-state index is 11.8. The molecule has 3 aromatic rings. The van der Waals surface area contributed by atoms with E-state index in [0.29, 0.717) is 0 Å². The number of nitrogens with one attached hydrogen (secondary N) is 1. The summed E-state index contributed by atoms with van der Waals surface area (Å²) in [4.78, 5) is 14.5. The van der Waals surface area contributed by atoms with Gasteiger partial charge in [0.25, 0.3) is 0 Å². The van der Waals surface area contributed by atoms with E-state index in [9.17, 15) is 4.79 Å². The van der Waals surface area contributed by atoms with Crippen molar-refractivity contribution in [2.24, 2.45) is 5.10 Å². The Morgan fingerprint density at radius 2 is 1.72 bits per heavy atom. The molecule has 0 unspecified atom stereocenters. The zero-order valence-corrected chi connectivity index (χ0v) is 9.58. The van der Waals surface area contributed by atoms with Crippen molar-refractivity contribution in [1.29, 1.82) is 0 Å². The minimum Gasteiger partial charge on any atom is -0.304 e. The van der Waals surface area contributed by atoms with E-state index < -0.39 is 0 Å². The van der Waals surface area contributed by atoms with Crippen molar-refractivity contribution in [2.75, 3.05) is 0 Å². The van der Waals surface area contributed by atoms with Crippen LogP contribution in [0.4, 0.5) is 0 Å².